The van der Waals surface area contributed by atoms with Crippen LogP contribution in [0.4, 0.5) is 0 Å². The molecular weight excluding hydrogens is 244 g/mol. The van der Waals surface area contributed by atoms with Crippen molar-refractivity contribution in [1.82, 2.24) is 10.2 Å². The van der Waals surface area contributed by atoms with Gasteiger partial charge in [-0.1, -0.05) is 65.7 Å². The first kappa shape index (κ1) is 17.1. The van der Waals surface area contributed by atoms with Gasteiger partial charge in [-0.15, -0.1) is 0 Å². The molecule has 0 aromatic carbocycles. The van der Waals surface area contributed by atoms with E-state index in [1.165, 1.54) is 57.8 Å². The van der Waals surface area contributed by atoms with Gasteiger partial charge in [-0.25, -0.2) is 0 Å². The molecule has 0 saturated heterocycles. The Morgan fingerprint density at radius 2 is 1.60 bits per heavy atom. The van der Waals surface area contributed by atoms with Crippen LogP contribution in [0.5, 0.6) is 0 Å². The van der Waals surface area contributed by atoms with E-state index < -0.39 is 0 Å². The molecule has 0 aliphatic heterocycles. The molecule has 1 heterocycles. The van der Waals surface area contributed by atoms with Crippen molar-refractivity contribution in [1.29, 1.82) is 0 Å². The van der Waals surface area contributed by atoms with Gasteiger partial charge in [0.2, 0.25) is 0 Å². The van der Waals surface area contributed by atoms with E-state index in [0.29, 0.717) is 5.41 Å². The number of hydrogen-bond acceptors (Lipinski definition) is 2. The Kier molecular flexibility index (Phi) is 8.48. The third kappa shape index (κ3) is 7.02. The van der Waals surface area contributed by atoms with Crippen LogP contribution >= 0.6 is 0 Å². The molecule has 0 amide bonds. The van der Waals surface area contributed by atoms with Gasteiger partial charge in [-0.2, -0.15) is 10.2 Å². The minimum absolute atomic E-state index is 0.402. The Balaban J connectivity index is 2.52. The zero-order valence-corrected chi connectivity index (χ0v) is 13.7. The second kappa shape index (κ2) is 9.90. The standard InChI is InChI=1S/C18H32N2/c1-4-6-8-10-14-18(3,13-9-7-5-2)16-17-12-11-15-19-20-17/h11-12,15H,4-10,13-14,16H2,1-3H3. The predicted octanol–water partition coefficient (Wildman–Crippen LogP) is 5.58. The molecule has 0 bridgehead atoms. The van der Waals surface area contributed by atoms with E-state index in [1.54, 1.807) is 6.20 Å². The van der Waals surface area contributed by atoms with E-state index in [-0.39, 0.29) is 0 Å². The highest BCUT2D eigenvalue weighted by Crippen LogP contribution is 2.34. The highest BCUT2D eigenvalue weighted by atomic mass is 15.1. The second-order valence-electron chi connectivity index (χ2n) is 6.47. The second-order valence-corrected chi connectivity index (χ2v) is 6.47. The minimum Gasteiger partial charge on any atom is -0.159 e. The molecule has 1 rings (SSSR count). The lowest BCUT2D eigenvalue weighted by Crippen LogP contribution is -2.20. The van der Waals surface area contributed by atoms with Gasteiger partial charge < -0.3 is 0 Å². The number of unbranched alkanes of at least 4 members (excludes halogenated alkanes) is 5. The Morgan fingerprint density at radius 3 is 2.20 bits per heavy atom. The summed E-state index contributed by atoms with van der Waals surface area (Å²) in [4.78, 5) is 0. The fourth-order valence-corrected chi connectivity index (χ4v) is 2.95. The van der Waals surface area contributed by atoms with Crippen LogP contribution in [0.15, 0.2) is 18.3 Å². The maximum absolute atomic E-state index is 4.29. The molecular formula is C18H32N2. The van der Waals surface area contributed by atoms with Crippen molar-refractivity contribution < 1.29 is 0 Å². The Hall–Kier alpha value is -0.920. The van der Waals surface area contributed by atoms with E-state index in [2.05, 4.69) is 37.0 Å². The third-order valence-corrected chi connectivity index (χ3v) is 4.25. The Labute approximate surface area is 125 Å². The normalized spacial score (nSPS) is 14.2. The third-order valence-electron chi connectivity index (χ3n) is 4.25. The van der Waals surface area contributed by atoms with E-state index in [4.69, 9.17) is 0 Å². The molecule has 1 atom stereocenters. The van der Waals surface area contributed by atoms with E-state index >= 15 is 0 Å². The monoisotopic (exact) mass is 276 g/mol. The van der Waals surface area contributed by atoms with E-state index in [0.717, 1.165) is 12.1 Å². The van der Waals surface area contributed by atoms with Crippen molar-refractivity contribution in [2.24, 2.45) is 5.41 Å². The van der Waals surface area contributed by atoms with Gasteiger partial charge in [-0.3, -0.25) is 0 Å². The number of aromatic nitrogens is 2. The van der Waals surface area contributed by atoms with Crippen LogP contribution in [-0.4, -0.2) is 10.2 Å². The average molecular weight is 276 g/mol. The molecule has 1 aromatic heterocycles. The first-order valence-corrected chi connectivity index (χ1v) is 8.47. The molecule has 0 spiro atoms. The van der Waals surface area contributed by atoms with Gasteiger partial charge in [0.1, 0.15) is 0 Å². The summed E-state index contributed by atoms with van der Waals surface area (Å²) < 4.78 is 0. The first-order valence-electron chi connectivity index (χ1n) is 8.47. The van der Waals surface area contributed by atoms with E-state index in [1.807, 2.05) is 6.07 Å². The van der Waals surface area contributed by atoms with Crippen LogP contribution in [0.1, 0.15) is 84.3 Å². The molecule has 0 radical (unpaired) electrons. The molecule has 20 heavy (non-hydrogen) atoms. The Bertz CT molecular complexity index is 337. The molecule has 0 saturated carbocycles. The zero-order valence-electron chi connectivity index (χ0n) is 13.7. The summed E-state index contributed by atoms with van der Waals surface area (Å²) in [5.74, 6) is 0. The van der Waals surface area contributed by atoms with Gasteiger partial charge in [0.05, 0.1) is 5.69 Å². The summed E-state index contributed by atoms with van der Waals surface area (Å²) in [6.07, 6.45) is 14.9. The predicted molar refractivity (Wildman–Crippen MR) is 86.7 cm³/mol. The van der Waals surface area contributed by atoms with Crippen molar-refractivity contribution in [3.8, 4) is 0 Å². The van der Waals surface area contributed by atoms with Crippen molar-refractivity contribution in [2.45, 2.75) is 85.0 Å². The summed E-state index contributed by atoms with van der Waals surface area (Å²) in [7, 11) is 0. The maximum Gasteiger partial charge on any atom is 0.0636 e. The molecule has 0 fully saturated rings. The van der Waals surface area contributed by atoms with Crippen molar-refractivity contribution in [3.05, 3.63) is 24.0 Å². The minimum atomic E-state index is 0.402. The fourth-order valence-electron chi connectivity index (χ4n) is 2.95. The van der Waals surface area contributed by atoms with Crippen LogP contribution < -0.4 is 0 Å². The molecule has 0 N–H and O–H groups in total. The molecule has 1 unspecified atom stereocenters. The van der Waals surface area contributed by atoms with Gasteiger partial charge in [0.25, 0.3) is 0 Å². The molecule has 1 aromatic rings. The van der Waals surface area contributed by atoms with Crippen LogP contribution in [0.2, 0.25) is 0 Å². The lowest BCUT2D eigenvalue weighted by molar-refractivity contribution is 0.247. The van der Waals surface area contributed by atoms with Gasteiger partial charge in [0, 0.05) is 6.20 Å². The van der Waals surface area contributed by atoms with Crippen LogP contribution in [0, 0.1) is 5.41 Å². The van der Waals surface area contributed by atoms with Crippen molar-refractivity contribution >= 4 is 0 Å². The summed E-state index contributed by atoms with van der Waals surface area (Å²) in [5, 5.41) is 8.31. The SMILES string of the molecule is CCCCCCC(C)(CCCCC)Cc1cccnn1. The van der Waals surface area contributed by atoms with Crippen molar-refractivity contribution in [2.75, 3.05) is 0 Å². The maximum atomic E-state index is 4.29. The lowest BCUT2D eigenvalue weighted by atomic mass is 9.76. The molecule has 0 aliphatic carbocycles. The fraction of sp³-hybridized carbons (Fsp3) is 0.778. The summed E-state index contributed by atoms with van der Waals surface area (Å²) in [6, 6.07) is 4.13. The smallest absolute Gasteiger partial charge is 0.0636 e. The lowest BCUT2D eigenvalue weighted by Gasteiger charge is -2.29. The average Bonchev–Trinajstić information content (AvgIpc) is 2.45. The largest absolute Gasteiger partial charge is 0.159 e. The zero-order chi connectivity index (χ0) is 14.7. The number of rotatable bonds is 11. The summed E-state index contributed by atoms with van der Waals surface area (Å²) in [5.41, 5.74) is 1.56. The van der Waals surface area contributed by atoms with Crippen LogP contribution in [0.3, 0.4) is 0 Å². The van der Waals surface area contributed by atoms with Gasteiger partial charge in [0.15, 0.2) is 0 Å². The Morgan fingerprint density at radius 1 is 0.950 bits per heavy atom. The molecule has 114 valence electrons. The number of hydrogen-bond donors (Lipinski definition) is 0. The highest BCUT2D eigenvalue weighted by molar-refractivity contribution is 5.02. The molecule has 0 aliphatic rings. The summed E-state index contributed by atoms with van der Waals surface area (Å²) >= 11 is 0. The van der Waals surface area contributed by atoms with Crippen LogP contribution in [0.25, 0.3) is 0 Å². The number of nitrogens with zero attached hydrogens (tertiary/aromatic N) is 2. The quantitative estimate of drug-likeness (QED) is 0.493. The van der Waals surface area contributed by atoms with Gasteiger partial charge in [-0.05, 0) is 36.8 Å². The topological polar surface area (TPSA) is 25.8 Å². The summed E-state index contributed by atoms with van der Waals surface area (Å²) in [6.45, 7) is 7.00. The molecule has 2 heteroatoms. The van der Waals surface area contributed by atoms with Crippen LogP contribution in [-0.2, 0) is 6.42 Å². The highest BCUT2D eigenvalue weighted by Gasteiger charge is 2.24. The van der Waals surface area contributed by atoms with Crippen molar-refractivity contribution in [3.63, 3.8) is 0 Å². The molecule has 2 nitrogen and oxygen atoms in total. The first-order chi connectivity index (χ1) is 9.70. The van der Waals surface area contributed by atoms with Gasteiger partial charge >= 0.3 is 0 Å². The van der Waals surface area contributed by atoms with E-state index in [9.17, 15) is 0 Å².